The van der Waals surface area contributed by atoms with E-state index >= 15 is 0 Å². The van der Waals surface area contributed by atoms with Gasteiger partial charge in [0.25, 0.3) is 5.91 Å². The van der Waals surface area contributed by atoms with E-state index in [1.807, 2.05) is 38.1 Å². The highest BCUT2D eigenvalue weighted by Gasteiger charge is 2.45. The first-order valence-electron chi connectivity index (χ1n) is 10.2. The highest BCUT2D eigenvalue weighted by molar-refractivity contribution is 6.04. The standard InChI is InChI=1S/C23H26FN3O3/c1-15(2)13-23(29)11-12-27(14-20(23)30-17-9-7-16(24)8-10-17)22(28)21-18-5-3-4-6-19(18)25-26-21/h3-10,15,20,29H,11-14H2,1-2H3,(H,25,26)/t20-,23+/m0/s1. The van der Waals surface area contributed by atoms with Gasteiger partial charge in [-0.1, -0.05) is 32.0 Å². The normalized spacial score (nSPS) is 21.9. The van der Waals surface area contributed by atoms with Crippen molar-refractivity contribution in [3.63, 3.8) is 0 Å². The van der Waals surface area contributed by atoms with E-state index < -0.39 is 11.7 Å². The zero-order chi connectivity index (χ0) is 21.3. The first kappa shape index (κ1) is 20.3. The topological polar surface area (TPSA) is 78.5 Å². The second-order valence-corrected chi connectivity index (χ2v) is 8.38. The van der Waals surface area contributed by atoms with Gasteiger partial charge in [0.05, 0.1) is 12.1 Å². The number of nitrogens with one attached hydrogen (secondary N) is 1. The van der Waals surface area contributed by atoms with Crippen LogP contribution in [-0.4, -0.2) is 50.9 Å². The summed E-state index contributed by atoms with van der Waals surface area (Å²) >= 11 is 0. The van der Waals surface area contributed by atoms with E-state index in [9.17, 15) is 14.3 Å². The smallest absolute Gasteiger partial charge is 0.275 e. The average molecular weight is 411 g/mol. The fourth-order valence-electron chi connectivity index (χ4n) is 4.18. The van der Waals surface area contributed by atoms with Gasteiger partial charge >= 0.3 is 0 Å². The number of amides is 1. The molecule has 0 spiro atoms. The van der Waals surface area contributed by atoms with Crippen LogP contribution in [0.5, 0.6) is 5.75 Å². The molecule has 1 aromatic heterocycles. The van der Waals surface area contributed by atoms with Gasteiger partial charge < -0.3 is 14.7 Å². The molecule has 0 radical (unpaired) electrons. The van der Waals surface area contributed by atoms with E-state index in [2.05, 4.69) is 10.2 Å². The molecule has 1 saturated heterocycles. The van der Waals surface area contributed by atoms with Gasteiger partial charge in [0, 0.05) is 11.9 Å². The van der Waals surface area contributed by atoms with Crippen molar-refractivity contribution in [2.24, 2.45) is 5.92 Å². The molecule has 0 bridgehead atoms. The number of halogens is 1. The van der Waals surface area contributed by atoms with Crippen LogP contribution >= 0.6 is 0 Å². The van der Waals surface area contributed by atoms with E-state index in [1.165, 1.54) is 24.3 Å². The molecule has 0 saturated carbocycles. The summed E-state index contributed by atoms with van der Waals surface area (Å²) in [5.74, 6) is 0.160. The number of aromatic nitrogens is 2. The molecule has 30 heavy (non-hydrogen) atoms. The molecule has 3 aromatic rings. The molecule has 2 atom stereocenters. The number of aliphatic hydroxyl groups is 1. The molecule has 1 aliphatic rings. The molecule has 0 aliphatic carbocycles. The summed E-state index contributed by atoms with van der Waals surface area (Å²) in [6.45, 7) is 4.72. The Morgan fingerprint density at radius 2 is 2.03 bits per heavy atom. The summed E-state index contributed by atoms with van der Waals surface area (Å²) in [5.41, 5.74) is 0.0844. The van der Waals surface area contributed by atoms with Crippen LogP contribution in [0.1, 0.15) is 37.2 Å². The van der Waals surface area contributed by atoms with E-state index in [4.69, 9.17) is 4.74 Å². The summed E-state index contributed by atoms with van der Waals surface area (Å²) < 4.78 is 19.3. The number of carbonyl (C=O) groups is 1. The fraction of sp³-hybridized carbons (Fsp3) is 0.391. The van der Waals surface area contributed by atoms with Gasteiger partial charge in [0.15, 0.2) is 5.69 Å². The Morgan fingerprint density at radius 3 is 2.77 bits per heavy atom. The van der Waals surface area contributed by atoms with Crippen molar-refractivity contribution in [1.82, 2.24) is 15.1 Å². The molecular weight excluding hydrogens is 385 g/mol. The maximum Gasteiger partial charge on any atom is 0.275 e. The number of aromatic amines is 1. The molecule has 1 aliphatic heterocycles. The molecular formula is C23H26FN3O3. The van der Waals surface area contributed by atoms with Crippen molar-refractivity contribution in [1.29, 1.82) is 0 Å². The van der Waals surface area contributed by atoms with Gasteiger partial charge in [0.2, 0.25) is 0 Å². The molecule has 1 amide bonds. The highest BCUT2D eigenvalue weighted by Crippen LogP contribution is 2.33. The Labute approximate surface area is 174 Å². The van der Waals surface area contributed by atoms with Crippen LogP contribution in [0.2, 0.25) is 0 Å². The lowest BCUT2D eigenvalue weighted by Gasteiger charge is -2.45. The summed E-state index contributed by atoms with van der Waals surface area (Å²) in [4.78, 5) is 14.9. The molecule has 6 nitrogen and oxygen atoms in total. The van der Waals surface area contributed by atoms with E-state index in [0.29, 0.717) is 30.8 Å². The zero-order valence-corrected chi connectivity index (χ0v) is 17.1. The van der Waals surface area contributed by atoms with Crippen molar-refractivity contribution >= 4 is 16.8 Å². The maximum absolute atomic E-state index is 13.3. The third-order valence-corrected chi connectivity index (χ3v) is 5.61. The molecule has 2 N–H and O–H groups in total. The fourth-order valence-corrected chi connectivity index (χ4v) is 4.18. The maximum atomic E-state index is 13.3. The Bertz CT molecular complexity index is 1030. The number of hydrogen-bond acceptors (Lipinski definition) is 4. The van der Waals surface area contributed by atoms with Crippen molar-refractivity contribution in [2.75, 3.05) is 13.1 Å². The van der Waals surface area contributed by atoms with Gasteiger partial charge in [0.1, 0.15) is 23.3 Å². The summed E-state index contributed by atoms with van der Waals surface area (Å²) in [7, 11) is 0. The number of piperidine rings is 1. The van der Waals surface area contributed by atoms with E-state index in [-0.39, 0.29) is 24.2 Å². The van der Waals surface area contributed by atoms with Crippen LogP contribution in [0, 0.1) is 11.7 Å². The largest absolute Gasteiger partial charge is 0.486 e. The molecule has 4 rings (SSSR count). The number of likely N-dealkylation sites (tertiary alicyclic amines) is 1. The second-order valence-electron chi connectivity index (χ2n) is 8.38. The van der Waals surface area contributed by atoms with Crippen LogP contribution in [-0.2, 0) is 0 Å². The first-order valence-corrected chi connectivity index (χ1v) is 10.2. The average Bonchev–Trinajstić information content (AvgIpc) is 3.14. The van der Waals surface area contributed by atoms with Crippen molar-refractivity contribution in [2.45, 2.75) is 38.4 Å². The Kier molecular flexibility index (Phi) is 5.47. The third kappa shape index (κ3) is 4.03. The lowest BCUT2D eigenvalue weighted by Crippen LogP contribution is -2.59. The number of ether oxygens (including phenoxy) is 1. The summed E-state index contributed by atoms with van der Waals surface area (Å²) in [6, 6.07) is 13.2. The number of carbonyl (C=O) groups excluding carboxylic acids is 1. The minimum Gasteiger partial charge on any atom is -0.486 e. The SMILES string of the molecule is CC(C)C[C@]1(O)CCN(C(=O)c2n[nH]c3ccccc23)C[C@@H]1Oc1ccc(F)cc1. The van der Waals surface area contributed by atoms with Gasteiger partial charge in [-0.15, -0.1) is 0 Å². The molecule has 0 unspecified atom stereocenters. The number of nitrogens with zero attached hydrogens (tertiary/aromatic N) is 2. The quantitative estimate of drug-likeness (QED) is 0.670. The van der Waals surface area contributed by atoms with Gasteiger partial charge in [-0.2, -0.15) is 5.10 Å². The van der Waals surface area contributed by atoms with Crippen LogP contribution in [0.4, 0.5) is 4.39 Å². The van der Waals surface area contributed by atoms with Crippen molar-refractivity contribution in [3.05, 3.63) is 60.0 Å². The lowest BCUT2D eigenvalue weighted by atomic mass is 9.81. The zero-order valence-electron chi connectivity index (χ0n) is 17.1. The Balaban J connectivity index is 1.59. The van der Waals surface area contributed by atoms with Crippen molar-refractivity contribution < 1.29 is 19.0 Å². The van der Waals surface area contributed by atoms with Gasteiger partial charge in [-0.3, -0.25) is 9.89 Å². The minimum absolute atomic E-state index is 0.202. The molecule has 2 heterocycles. The predicted octanol–water partition coefficient (Wildman–Crippen LogP) is 3.77. The molecule has 158 valence electrons. The van der Waals surface area contributed by atoms with Crippen molar-refractivity contribution in [3.8, 4) is 5.75 Å². The van der Waals surface area contributed by atoms with Gasteiger partial charge in [-0.25, -0.2) is 4.39 Å². The number of rotatable bonds is 5. The van der Waals surface area contributed by atoms with Gasteiger partial charge in [-0.05, 0) is 49.1 Å². The van der Waals surface area contributed by atoms with Crippen LogP contribution < -0.4 is 4.74 Å². The number of hydrogen-bond donors (Lipinski definition) is 2. The molecule has 1 fully saturated rings. The van der Waals surface area contributed by atoms with Crippen LogP contribution in [0.25, 0.3) is 10.9 Å². The second kappa shape index (κ2) is 8.07. The Hall–Kier alpha value is -2.93. The summed E-state index contributed by atoms with van der Waals surface area (Å²) in [6.07, 6.45) is 0.311. The number of H-pyrrole nitrogens is 1. The van der Waals surface area contributed by atoms with Crippen LogP contribution in [0.3, 0.4) is 0 Å². The Morgan fingerprint density at radius 1 is 1.30 bits per heavy atom. The van der Waals surface area contributed by atoms with Crippen LogP contribution in [0.15, 0.2) is 48.5 Å². The minimum atomic E-state index is -1.08. The summed E-state index contributed by atoms with van der Waals surface area (Å²) in [5, 5.41) is 19.2. The molecule has 7 heteroatoms. The first-order chi connectivity index (χ1) is 14.4. The predicted molar refractivity (Wildman–Crippen MR) is 112 cm³/mol. The number of para-hydroxylation sites is 1. The van der Waals surface area contributed by atoms with E-state index in [0.717, 1.165) is 10.9 Å². The van der Waals surface area contributed by atoms with E-state index in [1.54, 1.807) is 4.90 Å². The highest BCUT2D eigenvalue weighted by atomic mass is 19.1. The number of benzene rings is 2. The third-order valence-electron chi connectivity index (χ3n) is 5.61. The molecule has 2 aromatic carbocycles. The number of fused-ring (bicyclic) bond motifs is 1. The lowest BCUT2D eigenvalue weighted by molar-refractivity contribution is -0.111. The monoisotopic (exact) mass is 411 g/mol.